The minimum atomic E-state index is -0.434. The van der Waals surface area contributed by atoms with Gasteiger partial charge in [-0.2, -0.15) is 0 Å². The Labute approximate surface area is 81.8 Å². The summed E-state index contributed by atoms with van der Waals surface area (Å²) in [7, 11) is 0. The maximum absolute atomic E-state index is 11.1. The van der Waals surface area contributed by atoms with E-state index in [-0.39, 0.29) is 6.23 Å². The number of amides is 1. The van der Waals surface area contributed by atoms with Crippen molar-refractivity contribution in [3.63, 3.8) is 0 Å². The Hall–Kier alpha value is -1.55. The summed E-state index contributed by atoms with van der Waals surface area (Å²) < 4.78 is 9.77. The number of benzene rings is 1. The SMILES string of the molecule is O=C(NC1CO1)OCc1ccccc1. The normalized spacial score (nSPS) is 18.7. The Kier molecular flexibility index (Phi) is 2.65. The highest BCUT2D eigenvalue weighted by Gasteiger charge is 2.24. The monoisotopic (exact) mass is 193 g/mol. The summed E-state index contributed by atoms with van der Waals surface area (Å²) in [6.07, 6.45) is -0.574. The van der Waals surface area contributed by atoms with Gasteiger partial charge in [-0.1, -0.05) is 30.3 Å². The van der Waals surface area contributed by atoms with E-state index < -0.39 is 6.09 Å². The number of rotatable bonds is 3. The van der Waals surface area contributed by atoms with Crippen LogP contribution in [-0.4, -0.2) is 18.9 Å². The van der Waals surface area contributed by atoms with Crippen LogP contribution >= 0.6 is 0 Å². The van der Waals surface area contributed by atoms with Crippen LogP contribution in [0.3, 0.4) is 0 Å². The zero-order valence-corrected chi connectivity index (χ0v) is 7.60. The summed E-state index contributed by atoms with van der Waals surface area (Å²) in [6, 6.07) is 9.53. The van der Waals surface area contributed by atoms with E-state index in [0.717, 1.165) is 5.56 Å². The van der Waals surface area contributed by atoms with Crippen molar-refractivity contribution >= 4 is 6.09 Å². The minimum Gasteiger partial charge on any atom is -0.445 e. The van der Waals surface area contributed by atoms with Crippen LogP contribution in [0.1, 0.15) is 5.56 Å². The summed E-state index contributed by atoms with van der Waals surface area (Å²) in [5.41, 5.74) is 0.972. The molecular weight excluding hydrogens is 182 g/mol. The standard InChI is InChI=1S/C10H11NO3/c12-10(11-9-7-13-9)14-6-8-4-2-1-3-5-8/h1-5,9H,6-7H2,(H,11,12). The van der Waals surface area contributed by atoms with Crippen LogP contribution in [-0.2, 0) is 16.1 Å². The summed E-state index contributed by atoms with van der Waals surface area (Å²) in [4.78, 5) is 11.1. The number of hydrogen-bond acceptors (Lipinski definition) is 3. The second kappa shape index (κ2) is 4.11. The molecule has 1 aromatic carbocycles. The van der Waals surface area contributed by atoms with E-state index in [1.807, 2.05) is 30.3 Å². The van der Waals surface area contributed by atoms with Crippen molar-refractivity contribution in [1.82, 2.24) is 5.32 Å². The first kappa shape index (κ1) is 9.02. The third-order valence-electron chi connectivity index (χ3n) is 1.82. The molecule has 1 amide bonds. The first-order chi connectivity index (χ1) is 6.84. The second-order valence-electron chi connectivity index (χ2n) is 3.03. The Morgan fingerprint density at radius 2 is 2.21 bits per heavy atom. The molecular formula is C10H11NO3. The third kappa shape index (κ3) is 2.74. The average molecular weight is 193 g/mol. The van der Waals surface area contributed by atoms with Crippen LogP contribution < -0.4 is 5.32 Å². The van der Waals surface area contributed by atoms with E-state index in [1.165, 1.54) is 0 Å². The molecule has 0 saturated carbocycles. The zero-order chi connectivity index (χ0) is 9.80. The number of alkyl carbamates (subject to hydrolysis) is 1. The van der Waals surface area contributed by atoms with Crippen molar-refractivity contribution < 1.29 is 14.3 Å². The molecule has 0 aliphatic carbocycles. The molecule has 1 unspecified atom stereocenters. The van der Waals surface area contributed by atoms with Gasteiger partial charge >= 0.3 is 6.09 Å². The molecule has 1 aromatic rings. The maximum atomic E-state index is 11.1. The minimum absolute atomic E-state index is 0.140. The predicted molar refractivity (Wildman–Crippen MR) is 49.5 cm³/mol. The zero-order valence-electron chi connectivity index (χ0n) is 7.60. The van der Waals surface area contributed by atoms with Gasteiger partial charge in [-0.15, -0.1) is 0 Å². The van der Waals surface area contributed by atoms with Gasteiger partial charge in [-0.3, -0.25) is 5.32 Å². The van der Waals surface area contributed by atoms with Crippen molar-refractivity contribution in [2.24, 2.45) is 0 Å². The number of nitrogens with one attached hydrogen (secondary N) is 1. The van der Waals surface area contributed by atoms with Crippen molar-refractivity contribution in [2.45, 2.75) is 12.8 Å². The lowest BCUT2D eigenvalue weighted by molar-refractivity contribution is 0.135. The van der Waals surface area contributed by atoms with Crippen LogP contribution in [0.2, 0.25) is 0 Å². The maximum Gasteiger partial charge on any atom is 0.409 e. The van der Waals surface area contributed by atoms with Gasteiger partial charge in [0.15, 0.2) is 6.23 Å². The number of ether oxygens (including phenoxy) is 2. The van der Waals surface area contributed by atoms with Crippen LogP contribution in [0.4, 0.5) is 4.79 Å². The van der Waals surface area contributed by atoms with Crippen molar-refractivity contribution in [1.29, 1.82) is 0 Å². The van der Waals surface area contributed by atoms with Gasteiger partial charge in [-0.05, 0) is 5.56 Å². The third-order valence-corrected chi connectivity index (χ3v) is 1.82. The fraction of sp³-hybridized carbons (Fsp3) is 0.300. The largest absolute Gasteiger partial charge is 0.445 e. The van der Waals surface area contributed by atoms with E-state index in [1.54, 1.807) is 0 Å². The Morgan fingerprint density at radius 3 is 2.86 bits per heavy atom. The topological polar surface area (TPSA) is 50.9 Å². The average Bonchev–Trinajstić information content (AvgIpc) is 3.00. The lowest BCUT2D eigenvalue weighted by Gasteiger charge is -2.04. The van der Waals surface area contributed by atoms with Crippen molar-refractivity contribution in [3.05, 3.63) is 35.9 Å². The Balaban J connectivity index is 1.73. The molecule has 1 aliphatic rings. The lowest BCUT2D eigenvalue weighted by Crippen LogP contribution is -2.26. The second-order valence-corrected chi connectivity index (χ2v) is 3.03. The molecule has 1 N–H and O–H groups in total. The molecule has 1 atom stereocenters. The van der Waals surface area contributed by atoms with Crippen LogP contribution in [0.5, 0.6) is 0 Å². The van der Waals surface area contributed by atoms with Gasteiger partial charge in [0.25, 0.3) is 0 Å². The molecule has 74 valence electrons. The van der Waals surface area contributed by atoms with E-state index in [2.05, 4.69) is 5.32 Å². The van der Waals surface area contributed by atoms with E-state index in [4.69, 9.17) is 9.47 Å². The predicted octanol–water partition coefficient (Wildman–Crippen LogP) is 1.27. The smallest absolute Gasteiger partial charge is 0.409 e. The van der Waals surface area contributed by atoms with Crippen LogP contribution in [0.15, 0.2) is 30.3 Å². The van der Waals surface area contributed by atoms with Gasteiger partial charge in [-0.25, -0.2) is 4.79 Å². The van der Waals surface area contributed by atoms with Crippen molar-refractivity contribution in [3.8, 4) is 0 Å². The Morgan fingerprint density at radius 1 is 1.50 bits per heavy atom. The molecule has 14 heavy (non-hydrogen) atoms. The molecule has 1 heterocycles. The molecule has 0 radical (unpaired) electrons. The Bertz CT molecular complexity index is 308. The van der Waals surface area contributed by atoms with Gasteiger partial charge in [0.05, 0.1) is 6.61 Å². The molecule has 1 saturated heterocycles. The number of carbonyl (C=O) groups excluding carboxylic acids is 1. The first-order valence-electron chi connectivity index (χ1n) is 4.43. The molecule has 4 nitrogen and oxygen atoms in total. The quantitative estimate of drug-likeness (QED) is 0.735. The van der Waals surface area contributed by atoms with Crippen LogP contribution in [0.25, 0.3) is 0 Å². The highest BCUT2D eigenvalue weighted by atomic mass is 16.6. The summed E-state index contributed by atoms with van der Waals surface area (Å²) in [6.45, 7) is 0.875. The number of hydrogen-bond donors (Lipinski definition) is 1. The molecule has 0 aromatic heterocycles. The first-order valence-corrected chi connectivity index (χ1v) is 4.43. The molecule has 1 fully saturated rings. The van der Waals surface area contributed by atoms with Gasteiger partial charge in [0.2, 0.25) is 0 Å². The summed E-state index contributed by atoms with van der Waals surface area (Å²) in [5.74, 6) is 0. The fourth-order valence-corrected chi connectivity index (χ4v) is 1.03. The lowest BCUT2D eigenvalue weighted by atomic mass is 10.2. The molecule has 2 rings (SSSR count). The van der Waals surface area contributed by atoms with E-state index in [0.29, 0.717) is 13.2 Å². The van der Waals surface area contributed by atoms with Crippen molar-refractivity contribution in [2.75, 3.05) is 6.61 Å². The highest BCUT2D eigenvalue weighted by Crippen LogP contribution is 2.05. The van der Waals surface area contributed by atoms with Gasteiger partial charge < -0.3 is 9.47 Å². The highest BCUT2D eigenvalue weighted by molar-refractivity contribution is 5.67. The van der Waals surface area contributed by atoms with E-state index >= 15 is 0 Å². The summed E-state index contributed by atoms with van der Waals surface area (Å²) >= 11 is 0. The molecule has 4 heteroatoms. The van der Waals surface area contributed by atoms with Gasteiger partial charge in [0.1, 0.15) is 6.61 Å². The number of carbonyl (C=O) groups is 1. The fourth-order valence-electron chi connectivity index (χ4n) is 1.03. The number of epoxide rings is 1. The summed E-state index contributed by atoms with van der Waals surface area (Å²) in [5, 5.41) is 2.54. The molecule has 0 bridgehead atoms. The van der Waals surface area contributed by atoms with E-state index in [9.17, 15) is 4.79 Å². The van der Waals surface area contributed by atoms with Crippen LogP contribution in [0, 0.1) is 0 Å². The molecule has 0 spiro atoms. The van der Waals surface area contributed by atoms with Gasteiger partial charge in [0, 0.05) is 0 Å². The molecule has 1 aliphatic heterocycles.